The Morgan fingerprint density at radius 2 is 2.25 bits per heavy atom. The molecular weight excluding hydrogens is 319 g/mol. The molecule has 0 spiro atoms. The maximum atomic E-state index is 10.7. The lowest BCUT2D eigenvalue weighted by Crippen LogP contribution is -2.14. The molecule has 6 heteroatoms. The van der Waals surface area contributed by atoms with Gasteiger partial charge in [0.1, 0.15) is 0 Å². The number of fused-ring (bicyclic) bond motifs is 1. The van der Waals surface area contributed by atoms with Gasteiger partial charge in [0.25, 0.3) is 0 Å². The van der Waals surface area contributed by atoms with Crippen LogP contribution in [0.1, 0.15) is 6.42 Å². The van der Waals surface area contributed by atoms with Crippen LogP contribution in [-0.2, 0) is 11.3 Å². The van der Waals surface area contributed by atoms with Gasteiger partial charge in [-0.25, -0.2) is 4.98 Å². The molecule has 16 heavy (non-hydrogen) atoms. The van der Waals surface area contributed by atoms with Gasteiger partial charge in [0.15, 0.2) is 0 Å². The van der Waals surface area contributed by atoms with Crippen LogP contribution in [0.25, 0.3) is 11.0 Å². The summed E-state index contributed by atoms with van der Waals surface area (Å²) in [6.07, 6.45) is 0.266. The monoisotopic (exact) mass is 330 g/mol. The number of hydrogen-bond donors (Lipinski definition) is 2. The van der Waals surface area contributed by atoms with E-state index in [0.717, 1.165) is 14.6 Å². The van der Waals surface area contributed by atoms with E-state index in [1.165, 1.54) is 0 Å². The lowest BCUT2D eigenvalue weighted by atomic mass is 10.3. The lowest BCUT2D eigenvalue weighted by molar-refractivity contribution is -0.118. The van der Waals surface area contributed by atoms with Gasteiger partial charge in [-0.3, -0.25) is 4.79 Å². The molecule has 0 saturated carbocycles. The minimum absolute atomic E-state index is 0.266. The van der Waals surface area contributed by atoms with Crippen molar-refractivity contribution >= 4 is 45.5 Å². The summed E-state index contributed by atoms with van der Waals surface area (Å²) in [6.45, 7) is 0.470. The highest BCUT2D eigenvalue weighted by Crippen LogP contribution is 2.20. The number of carbonyl (C=O) groups excluding carboxylic acids is 1. The van der Waals surface area contributed by atoms with Gasteiger partial charge in [-0.2, -0.15) is 0 Å². The number of hydrogen-bond acceptors (Lipinski definition) is 3. The molecule has 0 bridgehead atoms. The van der Waals surface area contributed by atoms with Crippen LogP contribution < -0.4 is 11.5 Å². The number of anilines is 1. The first kappa shape index (κ1) is 11.2. The van der Waals surface area contributed by atoms with E-state index in [4.69, 9.17) is 11.5 Å². The van der Waals surface area contributed by atoms with E-state index < -0.39 is 0 Å². The number of nitrogens with two attached hydrogens (primary N) is 2. The summed E-state index contributed by atoms with van der Waals surface area (Å²) < 4.78 is 2.90. The van der Waals surface area contributed by atoms with Gasteiger partial charge in [0.05, 0.1) is 11.0 Å². The molecule has 5 nitrogen and oxygen atoms in total. The summed E-state index contributed by atoms with van der Waals surface area (Å²) >= 11 is 2.22. The summed E-state index contributed by atoms with van der Waals surface area (Å²) in [5.74, 6) is 0.0741. The number of halogens is 1. The fraction of sp³-hybridized carbons (Fsp3) is 0.200. The number of aromatic nitrogens is 2. The van der Waals surface area contributed by atoms with Gasteiger partial charge < -0.3 is 16.0 Å². The van der Waals surface area contributed by atoms with Crippen LogP contribution in [0, 0.1) is 3.57 Å². The largest absolute Gasteiger partial charge is 0.370 e. The van der Waals surface area contributed by atoms with Crippen molar-refractivity contribution in [1.82, 2.24) is 9.55 Å². The molecule has 0 atom stereocenters. The number of benzene rings is 1. The van der Waals surface area contributed by atoms with Crippen molar-refractivity contribution in [3.63, 3.8) is 0 Å². The third-order valence-corrected chi connectivity index (χ3v) is 2.99. The van der Waals surface area contributed by atoms with Gasteiger partial charge in [-0.1, -0.05) is 0 Å². The molecule has 1 amide bonds. The van der Waals surface area contributed by atoms with Crippen molar-refractivity contribution in [2.24, 2.45) is 5.73 Å². The topological polar surface area (TPSA) is 86.9 Å². The molecule has 1 heterocycles. The Balaban J connectivity index is 2.43. The fourth-order valence-electron chi connectivity index (χ4n) is 1.58. The average molecular weight is 330 g/mol. The zero-order valence-electron chi connectivity index (χ0n) is 8.48. The third-order valence-electron chi connectivity index (χ3n) is 2.32. The summed E-state index contributed by atoms with van der Waals surface area (Å²) in [5, 5.41) is 0. The predicted octanol–water partition coefficient (Wildman–Crippen LogP) is 1.10. The van der Waals surface area contributed by atoms with Crippen molar-refractivity contribution < 1.29 is 4.79 Å². The molecule has 1 aromatic heterocycles. The predicted molar refractivity (Wildman–Crippen MR) is 70.7 cm³/mol. The first-order valence-corrected chi connectivity index (χ1v) is 5.85. The highest BCUT2D eigenvalue weighted by atomic mass is 127. The Morgan fingerprint density at radius 1 is 1.50 bits per heavy atom. The molecule has 0 aliphatic rings. The first-order valence-electron chi connectivity index (χ1n) is 4.77. The Labute approximate surface area is 106 Å². The SMILES string of the molecule is NC(=O)CCn1c(N)nc2cc(I)ccc21. The van der Waals surface area contributed by atoms with Crippen LogP contribution in [0.2, 0.25) is 0 Å². The van der Waals surface area contributed by atoms with Gasteiger partial charge in [0.2, 0.25) is 11.9 Å². The number of amides is 1. The highest BCUT2D eigenvalue weighted by molar-refractivity contribution is 14.1. The van der Waals surface area contributed by atoms with Crippen LogP contribution in [0.5, 0.6) is 0 Å². The smallest absolute Gasteiger partial charge is 0.219 e. The minimum atomic E-state index is -0.341. The van der Waals surface area contributed by atoms with Crippen LogP contribution in [0.4, 0.5) is 5.95 Å². The second-order valence-electron chi connectivity index (χ2n) is 3.47. The van der Waals surface area contributed by atoms with Crippen molar-refractivity contribution in [3.8, 4) is 0 Å². The number of nitrogens with zero attached hydrogens (tertiary/aromatic N) is 2. The van der Waals surface area contributed by atoms with Crippen LogP contribution in [0.3, 0.4) is 0 Å². The van der Waals surface area contributed by atoms with E-state index in [1.807, 2.05) is 18.2 Å². The van der Waals surface area contributed by atoms with Gasteiger partial charge >= 0.3 is 0 Å². The maximum Gasteiger partial charge on any atom is 0.219 e. The maximum absolute atomic E-state index is 10.7. The Morgan fingerprint density at radius 3 is 2.94 bits per heavy atom. The van der Waals surface area contributed by atoms with E-state index >= 15 is 0 Å². The standard InChI is InChI=1S/C10H11IN4O/c11-6-1-2-8-7(5-6)14-10(13)15(8)4-3-9(12)16/h1-2,5H,3-4H2,(H2,12,16)(H2,13,14). The number of nitrogen functional groups attached to an aromatic ring is 1. The molecule has 84 valence electrons. The highest BCUT2D eigenvalue weighted by Gasteiger charge is 2.08. The molecule has 4 N–H and O–H groups in total. The summed E-state index contributed by atoms with van der Waals surface area (Å²) in [6, 6.07) is 5.87. The molecule has 0 fully saturated rings. The van der Waals surface area contributed by atoms with E-state index in [-0.39, 0.29) is 12.3 Å². The summed E-state index contributed by atoms with van der Waals surface area (Å²) in [4.78, 5) is 15.0. The molecule has 0 aliphatic carbocycles. The normalized spacial score (nSPS) is 10.8. The molecule has 0 unspecified atom stereocenters. The lowest BCUT2D eigenvalue weighted by Gasteiger charge is -2.04. The number of rotatable bonds is 3. The fourth-order valence-corrected chi connectivity index (χ4v) is 2.05. The molecule has 2 aromatic rings. The van der Waals surface area contributed by atoms with E-state index in [0.29, 0.717) is 12.5 Å². The number of carbonyl (C=O) groups is 1. The number of primary amides is 1. The van der Waals surface area contributed by atoms with Crippen molar-refractivity contribution in [2.75, 3.05) is 5.73 Å². The number of aryl methyl sites for hydroxylation is 1. The second-order valence-corrected chi connectivity index (χ2v) is 4.72. The quantitative estimate of drug-likeness (QED) is 0.826. The molecule has 2 rings (SSSR count). The first-order chi connectivity index (χ1) is 7.58. The second kappa shape index (κ2) is 4.28. The van der Waals surface area contributed by atoms with Gasteiger partial charge in [-0.15, -0.1) is 0 Å². The van der Waals surface area contributed by atoms with Gasteiger partial charge in [0, 0.05) is 16.5 Å². The summed E-state index contributed by atoms with van der Waals surface area (Å²) in [7, 11) is 0. The molecule has 0 aliphatic heterocycles. The number of imidazole rings is 1. The molecule has 1 aromatic carbocycles. The zero-order valence-corrected chi connectivity index (χ0v) is 10.6. The van der Waals surface area contributed by atoms with Crippen LogP contribution in [0.15, 0.2) is 18.2 Å². The molecule has 0 saturated heterocycles. The van der Waals surface area contributed by atoms with E-state index in [1.54, 1.807) is 4.57 Å². The van der Waals surface area contributed by atoms with Crippen LogP contribution in [-0.4, -0.2) is 15.5 Å². The minimum Gasteiger partial charge on any atom is -0.370 e. The zero-order chi connectivity index (χ0) is 11.7. The third kappa shape index (κ3) is 2.11. The van der Waals surface area contributed by atoms with E-state index in [9.17, 15) is 4.79 Å². The Bertz CT molecular complexity index is 549. The molecule has 0 radical (unpaired) electrons. The average Bonchev–Trinajstić information content (AvgIpc) is 2.50. The molecular formula is C10H11IN4O. The van der Waals surface area contributed by atoms with Gasteiger partial charge in [-0.05, 0) is 40.8 Å². The van der Waals surface area contributed by atoms with Crippen molar-refractivity contribution in [1.29, 1.82) is 0 Å². The Hall–Kier alpha value is -1.31. The summed E-state index contributed by atoms with van der Waals surface area (Å²) in [5.41, 5.74) is 12.7. The Kier molecular flexibility index (Phi) is 2.99. The van der Waals surface area contributed by atoms with Crippen LogP contribution >= 0.6 is 22.6 Å². The van der Waals surface area contributed by atoms with Crippen molar-refractivity contribution in [3.05, 3.63) is 21.8 Å². The van der Waals surface area contributed by atoms with E-state index in [2.05, 4.69) is 27.6 Å². The van der Waals surface area contributed by atoms with Crippen molar-refractivity contribution in [2.45, 2.75) is 13.0 Å².